The Bertz CT molecular complexity index is 10000. The molecule has 0 aliphatic heterocycles. The fourth-order valence-electron chi connectivity index (χ4n) is 20.8. The Morgan fingerprint density at radius 2 is 0.615 bits per heavy atom. The number of fused-ring (bicyclic) bond motifs is 26. The Kier molecular flexibility index (Phi) is 14.9. The Labute approximate surface area is 746 Å². The van der Waals surface area contributed by atoms with E-state index >= 15 is 0 Å². The van der Waals surface area contributed by atoms with Gasteiger partial charge >= 0.3 is 0 Å². The summed E-state index contributed by atoms with van der Waals surface area (Å²) < 4.78 is 33.1. The Hall–Kier alpha value is -17.0. The van der Waals surface area contributed by atoms with Crippen LogP contribution >= 0.6 is 22.7 Å². The number of hydrogen-bond acceptors (Lipinski definition) is 11. The quantitative estimate of drug-likeness (QED) is 0.131. The van der Waals surface area contributed by atoms with E-state index in [0.29, 0.717) is 51.7 Å². The number of nitrogens with zero attached hydrogens (tertiary/aromatic N) is 9. The molecule has 14 heteroatoms. The van der Waals surface area contributed by atoms with Gasteiger partial charge in [-0.15, -0.1) is 22.7 Å². The molecule has 12 nitrogen and oxygen atoms in total. The van der Waals surface area contributed by atoms with Gasteiger partial charge in [0.2, 0.25) is 0 Å². The Morgan fingerprint density at radius 1 is 0.200 bits per heavy atom. The van der Waals surface area contributed by atoms with Gasteiger partial charge in [-0.3, -0.25) is 0 Å². The number of rotatable bonds is 10. The molecule has 10 heterocycles. The van der Waals surface area contributed by atoms with Crippen LogP contribution in [0, 0.1) is 0 Å². The van der Waals surface area contributed by atoms with E-state index in [0.717, 1.165) is 202 Å². The molecule has 0 amide bonds. The van der Waals surface area contributed by atoms with E-state index in [1.807, 2.05) is 18.2 Å². The van der Waals surface area contributed by atoms with E-state index in [9.17, 15) is 0 Å². The first-order chi connectivity index (χ1) is 64.4. The molecule has 0 unspecified atom stereocenters. The second kappa shape index (κ2) is 27.2. The molecule has 0 bridgehead atoms. The predicted molar refractivity (Wildman–Crippen MR) is 537 cm³/mol. The van der Waals surface area contributed by atoms with Crippen molar-refractivity contribution in [2.24, 2.45) is 0 Å². The molecule has 29 aromatic rings. The zero-order chi connectivity index (χ0) is 84.7. The highest BCUT2D eigenvalue weighted by Crippen LogP contribution is 2.50. The second-order valence-corrected chi connectivity index (χ2v) is 36.0. The minimum Gasteiger partial charge on any atom is -0.456 e. The Morgan fingerprint density at radius 3 is 1.24 bits per heavy atom. The van der Waals surface area contributed by atoms with Crippen LogP contribution < -0.4 is 0 Å². The first-order valence-corrected chi connectivity index (χ1v) is 45.2. The molecule has 10 aromatic heterocycles. The number of aromatic nitrogens is 9. The van der Waals surface area contributed by atoms with Crippen LogP contribution in [0.3, 0.4) is 0 Å². The highest BCUT2D eigenvalue weighted by molar-refractivity contribution is 7.26. The third-order valence-corrected chi connectivity index (χ3v) is 29.0. The third-order valence-electron chi connectivity index (χ3n) is 26.7. The van der Waals surface area contributed by atoms with Crippen LogP contribution in [0.4, 0.5) is 0 Å². The molecule has 0 radical (unpaired) electrons. The molecule has 0 saturated carbocycles. The molecule has 19 aromatic carbocycles. The van der Waals surface area contributed by atoms with Gasteiger partial charge in [0.15, 0.2) is 34.9 Å². The van der Waals surface area contributed by atoms with Crippen molar-refractivity contribution in [3.8, 4) is 96.5 Å². The summed E-state index contributed by atoms with van der Waals surface area (Å²) >= 11 is 3.53. The van der Waals surface area contributed by atoms with E-state index in [1.54, 1.807) is 22.7 Å². The molecule has 29 rings (SSSR count). The van der Waals surface area contributed by atoms with Gasteiger partial charge < -0.3 is 27.0 Å². The number of thiophene rings is 2. The van der Waals surface area contributed by atoms with E-state index in [2.05, 4.69) is 378 Å². The van der Waals surface area contributed by atoms with Crippen molar-refractivity contribution in [2.75, 3.05) is 0 Å². The molecule has 130 heavy (non-hydrogen) atoms. The zero-order valence-corrected chi connectivity index (χ0v) is 70.6. The number of para-hydroxylation sites is 6. The van der Waals surface area contributed by atoms with Crippen LogP contribution in [0.5, 0.6) is 0 Å². The summed E-state index contributed by atoms with van der Waals surface area (Å²) in [5.74, 6) is 3.05. The normalized spacial score (nSPS) is 12.3. The maximum Gasteiger partial charge on any atom is 0.167 e. The average Bonchev–Trinajstić information content (AvgIpc) is 1.56. The van der Waals surface area contributed by atoms with Crippen molar-refractivity contribution >= 4 is 216 Å². The van der Waals surface area contributed by atoms with Crippen molar-refractivity contribution in [1.29, 1.82) is 0 Å². The fourth-order valence-corrected chi connectivity index (χ4v) is 23.2. The lowest BCUT2D eigenvalue weighted by Crippen LogP contribution is -2.02. The molecule has 0 fully saturated rings. The van der Waals surface area contributed by atoms with Crippen LogP contribution in [0.15, 0.2) is 395 Å². The molecular formula is C116H63N9O3S2. The molecule has 0 aliphatic rings. The van der Waals surface area contributed by atoms with Crippen LogP contribution in [-0.2, 0) is 0 Å². The number of hydrogen-bond donors (Lipinski definition) is 0. The predicted octanol–water partition coefficient (Wildman–Crippen LogP) is 31.8. The third kappa shape index (κ3) is 10.6. The molecule has 0 atom stereocenters. The van der Waals surface area contributed by atoms with Crippen molar-refractivity contribution in [3.63, 3.8) is 0 Å². The van der Waals surface area contributed by atoms with Gasteiger partial charge in [0.1, 0.15) is 33.5 Å². The molecule has 0 aliphatic carbocycles. The summed E-state index contributed by atoms with van der Waals surface area (Å²) in [6.45, 7) is 0. The van der Waals surface area contributed by atoms with Crippen LogP contribution in [-0.4, -0.2) is 43.6 Å². The maximum absolute atomic E-state index is 7.32. The first-order valence-electron chi connectivity index (χ1n) is 43.6. The second-order valence-electron chi connectivity index (χ2n) is 33.9. The van der Waals surface area contributed by atoms with Gasteiger partial charge in [-0.05, 0) is 178 Å². The lowest BCUT2D eigenvalue weighted by molar-refractivity contribution is 0.668. The highest BCUT2D eigenvalue weighted by Gasteiger charge is 2.29. The van der Waals surface area contributed by atoms with Crippen LogP contribution in [0.2, 0.25) is 0 Å². The summed E-state index contributed by atoms with van der Waals surface area (Å²) in [5, 5.41) is 22.0. The molecule has 0 saturated heterocycles. The van der Waals surface area contributed by atoms with Crippen molar-refractivity contribution < 1.29 is 13.3 Å². The van der Waals surface area contributed by atoms with E-state index in [-0.39, 0.29) is 0 Å². The maximum atomic E-state index is 7.32. The number of benzene rings is 19. The van der Waals surface area contributed by atoms with Crippen molar-refractivity contribution in [1.82, 2.24) is 43.6 Å². The van der Waals surface area contributed by atoms with E-state index in [4.69, 9.17) is 43.2 Å². The Balaban J connectivity index is 0.623. The van der Waals surface area contributed by atoms with E-state index < -0.39 is 0 Å². The van der Waals surface area contributed by atoms with Gasteiger partial charge in [-0.2, -0.15) is 0 Å². The zero-order valence-electron chi connectivity index (χ0n) is 68.9. The summed E-state index contributed by atoms with van der Waals surface area (Å²) in [6, 6.07) is 137. The van der Waals surface area contributed by atoms with Gasteiger partial charge in [0, 0.05) is 128 Å². The number of furan rings is 3. The highest BCUT2D eigenvalue weighted by atomic mass is 32.1. The average molecular weight is 1690 g/mol. The molecule has 602 valence electrons. The minimum atomic E-state index is 0.457. The summed E-state index contributed by atoms with van der Waals surface area (Å²) in [4.78, 5) is 33.8. The first kappa shape index (κ1) is 71.3. The van der Waals surface area contributed by atoms with Crippen molar-refractivity contribution in [3.05, 3.63) is 382 Å². The van der Waals surface area contributed by atoms with Gasteiger partial charge in [-0.1, -0.05) is 237 Å². The summed E-state index contributed by atoms with van der Waals surface area (Å²) in [5.41, 5.74) is 20.5. The lowest BCUT2D eigenvalue weighted by Gasteiger charge is -2.14. The van der Waals surface area contributed by atoms with Crippen molar-refractivity contribution in [2.45, 2.75) is 0 Å². The smallest absolute Gasteiger partial charge is 0.167 e. The summed E-state index contributed by atoms with van der Waals surface area (Å²) in [7, 11) is 0. The molecule has 0 N–H and O–H groups in total. The molecular weight excluding hydrogens is 1630 g/mol. The minimum absolute atomic E-state index is 0.457. The fraction of sp³-hybridized carbons (Fsp3) is 0. The van der Waals surface area contributed by atoms with Gasteiger partial charge in [0.05, 0.1) is 60.8 Å². The van der Waals surface area contributed by atoms with Gasteiger partial charge in [-0.25, -0.2) is 29.9 Å². The SMILES string of the molecule is c1ccc(-n2c3ccc(-c4nc(-c5cc(-n6c7ccccc7c7cc8ccccc8cc76)c6c(c5)oc5ccccc56)nc(-c5ccc6c(c5)sc5ccccc56)n4)cc3c3ccc(-c4ccc(-c5nc(-c6cc(-n7c8ccccc8c8cc9ccccc9cc87)c7c(c6)oc6ccccc67)nc(-c6cccc7c6sc6ccccc67)n5)c5oc6ccccc6c45)cc32)cc1. The monoisotopic (exact) mass is 1690 g/mol. The van der Waals surface area contributed by atoms with Gasteiger partial charge in [0.25, 0.3) is 0 Å². The largest absolute Gasteiger partial charge is 0.456 e. The van der Waals surface area contributed by atoms with E-state index in [1.165, 1.54) is 36.3 Å². The van der Waals surface area contributed by atoms with Crippen LogP contribution in [0.25, 0.3) is 290 Å². The summed E-state index contributed by atoms with van der Waals surface area (Å²) in [6.07, 6.45) is 0. The van der Waals surface area contributed by atoms with Crippen LogP contribution in [0.1, 0.15) is 0 Å². The standard InChI is InChI=1S/C116H63N9O3S2/c1-2-27-73(28-3-1)123-92-52-47-69(111-117-112(70-46-49-80-78-31-13-20-43-103(78)129-105(80)63-70)119-113(118-111)71-59-96(107-83-34-11-17-40-98(83)126-101(107)61-71)124-90-38-15-8-29-75(90)88-53-64-23-4-6-25-66(64)56-94(88)124)55-87(92)77-48-45-68(58-93(77)123)74-50-51-85(109-106(74)82-33-10-19-42-100(82)128-109)115-120-114(121-116(122-115)86-37-22-36-81-79-32-14-21-44-104(79)130-110(81)86)72-60-97(108-84-35-12-18-41-99(84)127-102(108)62-72)125-91-39-16-9-30-76(91)89-54-65-24-5-7-26-67(65)57-95(89)125/h1-63H. The lowest BCUT2D eigenvalue weighted by atomic mass is 9.96. The topological polar surface area (TPSA) is 132 Å². The molecule has 0 spiro atoms.